The lowest BCUT2D eigenvalue weighted by atomic mass is 10.2. The van der Waals surface area contributed by atoms with E-state index in [1.807, 2.05) is 6.07 Å². The Morgan fingerprint density at radius 2 is 2.42 bits per heavy atom. The van der Waals surface area contributed by atoms with Crippen molar-refractivity contribution in [3.8, 4) is 0 Å². The highest BCUT2D eigenvalue weighted by Crippen LogP contribution is 2.07. The van der Waals surface area contributed by atoms with Crippen LogP contribution in [0.25, 0.3) is 0 Å². The fourth-order valence-electron chi connectivity index (χ4n) is 0.761. The minimum Gasteiger partial charge on any atom is -0.301 e. The van der Waals surface area contributed by atoms with E-state index in [9.17, 15) is 0 Å². The average Bonchev–Trinajstić information content (AvgIpc) is 2.49. The molecule has 0 fully saturated rings. The van der Waals surface area contributed by atoms with Crippen molar-refractivity contribution in [3.63, 3.8) is 0 Å². The van der Waals surface area contributed by atoms with Crippen LogP contribution in [0.5, 0.6) is 0 Å². The van der Waals surface area contributed by atoms with Gasteiger partial charge in [0.2, 0.25) is 0 Å². The van der Waals surface area contributed by atoms with Crippen molar-refractivity contribution >= 4 is 11.3 Å². The molecule has 1 rings (SSSR count). The van der Waals surface area contributed by atoms with E-state index in [-0.39, 0.29) is 0 Å². The Morgan fingerprint density at radius 1 is 1.58 bits per heavy atom. The average molecular weight is 185 g/mol. The summed E-state index contributed by atoms with van der Waals surface area (Å²) in [5.41, 5.74) is 2.93. The van der Waals surface area contributed by atoms with E-state index in [1.165, 1.54) is 4.88 Å². The van der Waals surface area contributed by atoms with Crippen LogP contribution in [-0.4, -0.2) is 6.61 Å². The summed E-state index contributed by atoms with van der Waals surface area (Å²) in [6.07, 6.45) is 0. The number of hydroxylamine groups is 1. The van der Waals surface area contributed by atoms with E-state index in [4.69, 9.17) is 4.84 Å². The van der Waals surface area contributed by atoms with Gasteiger partial charge in [-0.25, -0.2) is 0 Å². The predicted octanol–water partition coefficient (Wildman–Crippen LogP) is 2.43. The Kier molecular flexibility index (Phi) is 4.29. The van der Waals surface area contributed by atoms with Gasteiger partial charge in [-0.3, -0.25) is 0 Å². The van der Waals surface area contributed by atoms with Crippen LogP contribution in [0.2, 0.25) is 0 Å². The van der Waals surface area contributed by atoms with Crippen molar-refractivity contribution in [3.05, 3.63) is 22.4 Å². The van der Waals surface area contributed by atoms with E-state index >= 15 is 0 Å². The maximum atomic E-state index is 5.23. The van der Waals surface area contributed by atoms with Gasteiger partial charge in [0.05, 0.1) is 13.2 Å². The van der Waals surface area contributed by atoms with Crippen molar-refractivity contribution in [2.45, 2.75) is 20.4 Å². The van der Waals surface area contributed by atoms with Crippen LogP contribution in [0.15, 0.2) is 17.5 Å². The topological polar surface area (TPSA) is 21.3 Å². The Labute approximate surface area is 77.5 Å². The molecule has 0 amide bonds. The Bertz CT molecular complexity index is 196. The summed E-state index contributed by atoms with van der Waals surface area (Å²) in [7, 11) is 0. The predicted molar refractivity (Wildman–Crippen MR) is 51.9 cm³/mol. The van der Waals surface area contributed by atoms with Crippen LogP contribution in [0.3, 0.4) is 0 Å². The standard InChI is InChI=1S/C9H15NOS/c1-8(2)7-11-10-6-9-4-3-5-12-9/h3-5,8,10H,6-7H2,1-2H3. The molecule has 0 aliphatic rings. The molecule has 0 bridgehead atoms. The lowest BCUT2D eigenvalue weighted by molar-refractivity contribution is 0.0201. The number of hydrogen-bond acceptors (Lipinski definition) is 3. The molecule has 0 radical (unpaired) electrons. The molecule has 0 spiro atoms. The first kappa shape index (κ1) is 9.71. The lowest BCUT2D eigenvalue weighted by Crippen LogP contribution is -2.16. The van der Waals surface area contributed by atoms with Gasteiger partial charge in [-0.05, 0) is 17.4 Å². The van der Waals surface area contributed by atoms with Crippen LogP contribution >= 0.6 is 11.3 Å². The second kappa shape index (κ2) is 5.30. The zero-order valence-electron chi connectivity index (χ0n) is 7.54. The van der Waals surface area contributed by atoms with Gasteiger partial charge in [0.25, 0.3) is 0 Å². The highest BCUT2D eigenvalue weighted by atomic mass is 32.1. The summed E-state index contributed by atoms with van der Waals surface area (Å²) in [6, 6.07) is 4.14. The van der Waals surface area contributed by atoms with Gasteiger partial charge < -0.3 is 4.84 Å². The quantitative estimate of drug-likeness (QED) is 0.562. The summed E-state index contributed by atoms with van der Waals surface area (Å²) in [6.45, 7) is 5.84. The van der Waals surface area contributed by atoms with Gasteiger partial charge in [-0.1, -0.05) is 19.9 Å². The van der Waals surface area contributed by atoms with Gasteiger partial charge in [-0.15, -0.1) is 11.3 Å². The second-order valence-electron chi connectivity index (χ2n) is 3.11. The molecule has 1 heterocycles. The summed E-state index contributed by atoms with van der Waals surface area (Å²) in [5, 5.41) is 2.07. The smallest absolute Gasteiger partial charge is 0.0705 e. The van der Waals surface area contributed by atoms with E-state index in [0.29, 0.717) is 5.92 Å². The molecule has 0 atom stereocenters. The van der Waals surface area contributed by atoms with Crippen molar-refractivity contribution in [1.82, 2.24) is 5.48 Å². The van der Waals surface area contributed by atoms with E-state index in [2.05, 4.69) is 30.8 Å². The zero-order valence-corrected chi connectivity index (χ0v) is 8.36. The molecule has 0 unspecified atom stereocenters. The van der Waals surface area contributed by atoms with Crippen LogP contribution in [0, 0.1) is 5.92 Å². The van der Waals surface area contributed by atoms with Crippen molar-refractivity contribution in [1.29, 1.82) is 0 Å². The van der Waals surface area contributed by atoms with Crippen LogP contribution in [-0.2, 0) is 11.4 Å². The number of thiophene rings is 1. The fourth-order valence-corrected chi connectivity index (χ4v) is 1.39. The first-order valence-corrected chi connectivity index (χ1v) is 5.04. The van der Waals surface area contributed by atoms with Crippen molar-refractivity contribution in [2.24, 2.45) is 5.92 Å². The number of rotatable bonds is 5. The molecule has 1 N–H and O–H groups in total. The van der Waals surface area contributed by atoms with E-state index in [0.717, 1.165) is 13.2 Å². The first-order valence-electron chi connectivity index (χ1n) is 4.16. The molecule has 68 valence electrons. The molecule has 2 nitrogen and oxygen atoms in total. The molecule has 0 saturated carbocycles. The molecular weight excluding hydrogens is 170 g/mol. The maximum Gasteiger partial charge on any atom is 0.0705 e. The van der Waals surface area contributed by atoms with E-state index in [1.54, 1.807) is 11.3 Å². The van der Waals surface area contributed by atoms with Crippen LogP contribution in [0.1, 0.15) is 18.7 Å². The molecular formula is C9H15NOS. The maximum absolute atomic E-state index is 5.23. The normalized spacial score (nSPS) is 10.9. The Hall–Kier alpha value is -0.380. The first-order chi connectivity index (χ1) is 5.79. The van der Waals surface area contributed by atoms with Gasteiger partial charge >= 0.3 is 0 Å². The second-order valence-corrected chi connectivity index (χ2v) is 4.14. The van der Waals surface area contributed by atoms with Gasteiger partial charge in [0.15, 0.2) is 0 Å². The van der Waals surface area contributed by atoms with Gasteiger partial charge in [0.1, 0.15) is 0 Å². The largest absolute Gasteiger partial charge is 0.301 e. The highest BCUT2D eigenvalue weighted by Gasteiger charge is 1.94. The minimum absolute atomic E-state index is 0.584. The molecule has 0 aromatic carbocycles. The monoisotopic (exact) mass is 185 g/mol. The molecule has 12 heavy (non-hydrogen) atoms. The van der Waals surface area contributed by atoms with Crippen LogP contribution < -0.4 is 5.48 Å². The minimum atomic E-state index is 0.584. The van der Waals surface area contributed by atoms with E-state index < -0.39 is 0 Å². The summed E-state index contributed by atoms with van der Waals surface area (Å²) < 4.78 is 0. The van der Waals surface area contributed by atoms with Crippen molar-refractivity contribution < 1.29 is 4.84 Å². The Morgan fingerprint density at radius 3 is 3.00 bits per heavy atom. The van der Waals surface area contributed by atoms with Gasteiger partial charge in [-0.2, -0.15) is 5.48 Å². The third-order valence-electron chi connectivity index (χ3n) is 1.35. The lowest BCUT2D eigenvalue weighted by Gasteiger charge is -2.06. The van der Waals surface area contributed by atoms with Crippen molar-refractivity contribution in [2.75, 3.05) is 6.61 Å². The molecule has 0 aliphatic carbocycles. The zero-order chi connectivity index (χ0) is 8.81. The van der Waals surface area contributed by atoms with Gasteiger partial charge in [0, 0.05) is 4.88 Å². The third kappa shape index (κ3) is 3.85. The molecule has 1 aromatic rings. The summed E-state index contributed by atoms with van der Waals surface area (Å²) in [4.78, 5) is 6.53. The molecule has 0 saturated heterocycles. The highest BCUT2D eigenvalue weighted by molar-refractivity contribution is 7.09. The molecule has 0 aliphatic heterocycles. The SMILES string of the molecule is CC(C)CONCc1cccs1. The fraction of sp³-hybridized carbons (Fsp3) is 0.556. The van der Waals surface area contributed by atoms with Crippen LogP contribution in [0.4, 0.5) is 0 Å². The summed E-state index contributed by atoms with van der Waals surface area (Å²) in [5.74, 6) is 0.584. The molecule has 1 aromatic heterocycles. The number of hydrogen-bond donors (Lipinski definition) is 1. The third-order valence-corrected chi connectivity index (χ3v) is 2.22. The Balaban J connectivity index is 2.04. The number of nitrogens with one attached hydrogen (secondary N) is 1. The summed E-state index contributed by atoms with van der Waals surface area (Å²) >= 11 is 1.74. The molecule has 3 heteroatoms.